The summed E-state index contributed by atoms with van der Waals surface area (Å²) in [6.07, 6.45) is 0. The SMILES string of the molecule is CC(=O)O.NC(c1ccccc1)(c1ccccc1)c1ccccc1-c1ccccc1. The van der Waals surface area contributed by atoms with Gasteiger partial charge < -0.3 is 10.8 Å². The Hall–Kier alpha value is -3.69. The van der Waals surface area contributed by atoms with Gasteiger partial charge in [0.15, 0.2) is 0 Å². The van der Waals surface area contributed by atoms with Crippen molar-refractivity contribution in [3.63, 3.8) is 0 Å². The van der Waals surface area contributed by atoms with Crippen LogP contribution in [0, 0.1) is 0 Å². The van der Waals surface area contributed by atoms with E-state index in [0.717, 1.165) is 29.2 Å². The summed E-state index contributed by atoms with van der Waals surface area (Å²) in [5.74, 6) is -0.833. The van der Waals surface area contributed by atoms with Gasteiger partial charge in [0.1, 0.15) is 0 Å². The molecule has 3 N–H and O–H groups in total. The molecule has 0 aromatic heterocycles. The highest BCUT2D eigenvalue weighted by Gasteiger charge is 2.33. The van der Waals surface area contributed by atoms with E-state index in [4.69, 9.17) is 15.6 Å². The molecule has 0 unspecified atom stereocenters. The maximum absolute atomic E-state index is 9.00. The van der Waals surface area contributed by atoms with Crippen molar-refractivity contribution in [2.75, 3.05) is 0 Å². The topological polar surface area (TPSA) is 63.3 Å². The number of aliphatic carboxylic acids is 1. The van der Waals surface area contributed by atoms with Crippen molar-refractivity contribution in [2.45, 2.75) is 12.5 Å². The summed E-state index contributed by atoms with van der Waals surface area (Å²) in [7, 11) is 0. The molecule has 0 saturated heterocycles. The van der Waals surface area contributed by atoms with Crippen LogP contribution in [0.1, 0.15) is 23.6 Å². The van der Waals surface area contributed by atoms with Gasteiger partial charge in [-0.25, -0.2) is 0 Å². The quantitative estimate of drug-likeness (QED) is 0.436. The molecule has 150 valence electrons. The Morgan fingerprint density at radius 1 is 0.667 bits per heavy atom. The molecule has 3 nitrogen and oxygen atoms in total. The lowest BCUT2D eigenvalue weighted by molar-refractivity contribution is -0.134. The standard InChI is InChI=1S/C25H21N.C2H4O2/c26-25(21-14-6-2-7-15-21,22-16-8-3-9-17-22)24-19-11-10-18-23(24)20-12-4-1-5-13-20;1-2(3)4/h1-19H,26H2;1H3,(H,3,4). The van der Waals surface area contributed by atoms with Gasteiger partial charge in [-0.3, -0.25) is 4.79 Å². The first kappa shape index (κ1) is 21.0. The highest BCUT2D eigenvalue weighted by molar-refractivity contribution is 5.71. The third-order valence-electron chi connectivity index (χ3n) is 4.89. The molecule has 0 radical (unpaired) electrons. The average molecular weight is 396 g/mol. The smallest absolute Gasteiger partial charge is 0.300 e. The van der Waals surface area contributed by atoms with Crippen molar-refractivity contribution in [2.24, 2.45) is 5.73 Å². The van der Waals surface area contributed by atoms with Crippen molar-refractivity contribution in [1.29, 1.82) is 0 Å². The van der Waals surface area contributed by atoms with Gasteiger partial charge in [-0.05, 0) is 27.8 Å². The zero-order valence-electron chi connectivity index (χ0n) is 16.9. The number of benzene rings is 4. The van der Waals surface area contributed by atoms with Crippen LogP contribution in [0.15, 0.2) is 115 Å². The Labute approximate surface area is 177 Å². The fraction of sp³-hybridized carbons (Fsp3) is 0.0741. The van der Waals surface area contributed by atoms with E-state index in [0.29, 0.717) is 0 Å². The zero-order valence-corrected chi connectivity index (χ0v) is 16.9. The lowest BCUT2D eigenvalue weighted by atomic mass is 9.75. The Balaban J connectivity index is 0.000000589. The Morgan fingerprint density at radius 3 is 1.50 bits per heavy atom. The largest absolute Gasteiger partial charge is 0.481 e. The normalized spacial score (nSPS) is 10.6. The summed E-state index contributed by atoms with van der Waals surface area (Å²) in [6.45, 7) is 1.08. The molecular formula is C27H25NO2. The van der Waals surface area contributed by atoms with Gasteiger partial charge >= 0.3 is 0 Å². The Kier molecular flexibility index (Phi) is 6.79. The van der Waals surface area contributed by atoms with Gasteiger partial charge in [0, 0.05) is 6.92 Å². The van der Waals surface area contributed by atoms with E-state index in [-0.39, 0.29) is 0 Å². The highest BCUT2D eigenvalue weighted by Crippen LogP contribution is 2.39. The van der Waals surface area contributed by atoms with Crippen molar-refractivity contribution in [3.05, 3.63) is 132 Å². The van der Waals surface area contributed by atoms with Crippen molar-refractivity contribution in [1.82, 2.24) is 0 Å². The van der Waals surface area contributed by atoms with Crippen LogP contribution in [0.2, 0.25) is 0 Å². The van der Waals surface area contributed by atoms with Crippen LogP contribution in [-0.4, -0.2) is 11.1 Å². The third-order valence-corrected chi connectivity index (χ3v) is 4.89. The van der Waals surface area contributed by atoms with Gasteiger partial charge in [-0.2, -0.15) is 0 Å². The second-order valence-electron chi connectivity index (χ2n) is 6.97. The first-order valence-corrected chi connectivity index (χ1v) is 9.78. The molecule has 0 fully saturated rings. The molecule has 4 aromatic rings. The van der Waals surface area contributed by atoms with Gasteiger partial charge in [-0.1, -0.05) is 115 Å². The van der Waals surface area contributed by atoms with E-state index >= 15 is 0 Å². The molecule has 0 aliphatic carbocycles. The van der Waals surface area contributed by atoms with Crippen LogP contribution in [-0.2, 0) is 10.3 Å². The number of hydrogen-bond donors (Lipinski definition) is 2. The summed E-state index contributed by atoms with van der Waals surface area (Å²) >= 11 is 0. The molecule has 0 aliphatic heterocycles. The van der Waals surface area contributed by atoms with E-state index in [1.54, 1.807) is 0 Å². The number of hydrogen-bond acceptors (Lipinski definition) is 2. The van der Waals surface area contributed by atoms with E-state index in [1.807, 2.05) is 42.5 Å². The van der Waals surface area contributed by atoms with E-state index in [9.17, 15) is 0 Å². The summed E-state index contributed by atoms with van der Waals surface area (Å²) in [5, 5.41) is 7.42. The molecule has 0 bridgehead atoms. The summed E-state index contributed by atoms with van der Waals surface area (Å²) in [5.41, 5.74) is 12.1. The van der Waals surface area contributed by atoms with Gasteiger partial charge in [-0.15, -0.1) is 0 Å². The summed E-state index contributed by atoms with van der Waals surface area (Å²) < 4.78 is 0. The van der Waals surface area contributed by atoms with Crippen LogP contribution in [0.4, 0.5) is 0 Å². The number of carboxylic acids is 1. The third kappa shape index (κ3) is 4.65. The number of rotatable bonds is 4. The minimum atomic E-state index is -0.833. The molecule has 0 spiro atoms. The van der Waals surface area contributed by atoms with Crippen LogP contribution in [0.3, 0.4) is 0 Å². The maximum Gasteiger partial charge on any atom is 0.300 e. The predicted molar refractivity (Wildman–Crippen MR) is 122 cm³/mol. The van der Waals surface area contributed by atoms with Crippen molar-refractivity contribution in [3.8, 4) is 11.1 Å². The fourth-order valence-electron chi connectivity index (χ4n) is 3.58. The predicted octanol–water partition coefficient (Wildman–Crippen LogP) is 5.70. The number of carboxylic acid groups (broad SMARTS) is 1. The first-order chi connectivity index (χ1) is 14.5. The highest BCUT2D eigenvalue weighted by atomic mass is 16.4. The molecule has 0 heterocycles. The molecule has 3 heteroatoms. The van der Waals surface area contributed by atoms with Gasteiger partial charge in [0.05, 0.1) is 5.54 Å². The minimum absolute atomic E-state index is 0.727. The summed E-state index contributed by atoms with van der Waals surface area (Å²) in [6, 6.07) is 39.5. The molecule has 4 aromatic carbocycles. The lowest BCUT2D eigenvalue weighted by Gasteiger charge is -2.33. The minimum Gasteiger partial charge on any atom is -0.481 e. The molecule has 0 aliphatic rings. The van der Waals surface area contributed by atoms with E-state index in [1.165, 1.54) is 5.56 Å². The molecule has 4 rings (SSSR count). The van der Waals surface area contributed by atoms with E-state index in [2.05, 4.69) is 72.8 Å². The fourth-order valence-corrected chi connectivity index (χ4v) is 3.58. The van der Waals surface area contributed by atoms with Crippen molar-refractivity contribution < 1.29 is 9.90 Å². The van der Waals surface area contributed by atoms with Crippen LogP contribution >= 0.6 is 0 Å². The number of carbonyl (C=O) groups is 1. The monoisotopic (exact) mass is 395 g/mol. The van der Waals surface area contributed by atoms with Crippen LogP contribution < -0.4 is 5.73 Å². The van der Waals surface area contributed by atoms with Crippen LogP contribution in [0.25, 0.3) is 11.1 Å². The zero-order chi connectivity index (χ0) is 21.4. The summed E-state index contributed by atoms with van der Waals surface area (Å²) in [4.78, 5) is 9.00. The lowest BCUT2D eigenvalue weighted by Crippen LogP contribution is -2.39. The molecule has 0 saturated carbocycles. The average Bonchev–Trinajstić information content (AvgIpc) is 2.80. The van der Waals surface area contributed by atoms with Gasteiger partial charge in [0.2, 0.25) is 0 Å². The number of nitrogens with two attached hydrogens (primary N) is 1. The second kappa shape index (κ2) is 9.68. The second-order valence-corrected chi connectivity index (χ2v) is 6.97. The first-order valence-electron chi connectivity index (χ1n) is 9.78. The molecular weight excluding hydrogens is 370 g/mol. The Morgan fingerprint density at radius 2 is 1.03 bits per heavy atom. The van der Waals surface area contributed by atoms with Crippen LogP contribution in [0.5, 0.6) is 0 Å². The van der Waals surface area contributed by atoms with Gasteiger partial charge in [0.25, 0.3) is 5.97 Å². The maximum atomic E-state index is 9.00. The molecule has 0 amide bonds. The van der Waals surface area contributed by atoms with E-state index < -0.39 is 11.5 Å². The Bertz CT molecular complexity index is 1030. The van der Waals surface area contributed by atoms with Crippen molar-refractivity contribution >= 4 is 5.97 Å². The molecule has 0 atom stereocenters. The molecule has 30 heavy (non-hydrogen) atoms.